The van der Waals surface area contributed by atoms with Crippen molar-refractivity contribution in [2.45, 2.75) is 0 Å². The fraction of sp³-hybridized carbons (Fsp3) is 0. The van der Waals surface area contributed by atoms with E-state index in [4.69, 9.17) is 8.83 Å². The Balaban J connectivity index is 0.822. The quantitative estimate of drug-likeness (QED) is 0.173. The first-order valence-electron chi connectivity index (χ1n) is 22.8. The van der Waals surface area contributed by atoms with Gasteiger partial charge in [-0.2, -0.15) is 0 Å². The summed E-state index contributed by atoms with van der Waals surface area (Å²) in [5, 5.41) is 10.6. The van der Waals surface area contributed by atoms with Gasteiger partial charge >= 0.3 is 0 Å². The standard InChI is InChI=1S/C62H37N3O2/c1-2-12-42(13-3-1)65-57-33-24-39(36-52(57)61-49-17-7-11-21-59(49)67-62(61)65)38-22-27-43(28-23-38)63-53-18-8-4-14-45(53)50-34-40(25-31-55(50)63)41-26-32-56-51(35-41)46-15-5-9-19-54(46)64(56)44-29-30-48-47-16-6-10-20-58(47)66-60(48)37-44/h1-37H. The molecule has 0 amide bonds. The molecule has 5 heterocycles. The number of nitrogens with zero attached hydrogens (tertiary/aromatic N) is 3. The summed E-state index contributed by atoms with van der Waals surface area (Å²) in [6, 6.07) is 80.8. The van der Waals surface area contributed by atoms with Gasteiger partial charge < -0.3 is 18.0 Å². The minimum Gasteiger partial charge on any atom is -0.456 e. The molecular weight excluding hydrogens is 819 g/mol. The van der Waals surface area contributed by atoms with Gasteiger partial charge in [-0.1, -0.05) is 121 Å². The number of furan rings is 2. The summed E-state index contributed by atoms with van der Waals surface area (Å²) in [4.78, 5) is 0. The van der Waals surface area contributed by atoms with Crippen LogP contribution in [0.4, 0.5) is 0 Å². The highest BCUT2D eigenvalue weighted by atomic mass is 16.3. The molecule has 0 aliphatic carbocycles. The highest BCUT2D eigenvalue weighted by Crippen LogP contribution is 2.42. The number of rotatable bonds is 5. The van der Waals surface area contributed by atoms with Gasteiger partial charge in [-0.3, -0.25) is 4.57 Å². The van der Waals surface area contributed by atoms with Crippen LogP contribution in [0, 0.1) is 0 Å². The molecule has 0 radical (unpaired) electrons. The van der Waals surface area contributed by atoms with Crippen molar-refractivity contribution < 1.29 is 8.83 Å². The minimum absolute atomic E-state index is 0.867. The summed E-state index contributed by atoms with van der Waals surface area (Å²) < 4.78 is 19.9. The average molecular weight is 856 g/mol. The largest absolute Gasteiger partial charge is 0.456 e. The first-order valence-corrected chi connectivity index (χ1v) is 22.8. The Morgan fingerprint density at radius 3 is 1.36 bits per heavy atom. The zero-order chi connectivity index (χ0) is 43.7. The van der Waals surface area contributed by atoms with Crippen LogP contribution in [-0.4, -0.2) is 13.7 Å². The van der Waals surface area contributed by atoms with Gasteiger partial charge in [0.25, 0.3) is 0 Å². The lowest BCUT2D eigenvalue weighted by Gasteiger charge is -2.11. The number of benzene rings is 10. The molecule has 10 aromatic carbocycles. The van der Waals surface area contributed by atoms with Crippen molar-refractivity contribution in [2.75, 3.05) is 0 Å². The van der Waals surface area contributed by atoms with Gasteiger partial charge in [0.1, 0.15) is 16.7 Å². The summed E-state index contributed by atoms with van der Waals surface area (Å²) in [7, 11) is 0. The van der Waals surface area contributed by atoms with E-state index in [1.807, 2.05) is 18.2 Å². The van der Waals surface area contributed by atoms with E-state index in [1.54, 1.807) is 0 Å². The van der Waals surface area contributed by atoms with Gasteiger partial charge in [0, 0.05) is 66.2 Å². The smallest absolute Gasteiger partial charge is 0.213 e. The molecule has 0 unspecified atom stereocenters. The van der Waals surface area contributed by atoms with Crippen molar-refractivity contribution in [3.05, 3.63) is 224 Å². The van der Waals surface area contributed by atoms with E-state index < -0.39 is 0 Å². The molecule has 0 spiro atoms. The SMILES string of the molecule is c1ccc(-n2c3ccc(-c4ccc(-n5c6ccccc6c6cc(-c7ccc8c(c7)c7ccccc7n8-c7ccc8c(c7)oc7ccccc78)ccc65)cc4)cc3c3c4ccccc4oc32)cc1. The molecule has 0 bridgehead atoms. The highest BCUT2D eigenvalue weighted by Gasteiger charge is 2.21. The second-order valence-corrected chi connectivity index (χ2v) is 17.7. The molecule has 0 N–H and O–H groups in total. The summed E-state index contributed by atoms with van der Waals surface area (Å²) >= 11 is 0. The van der Waals surface area contributed by atoms with Gasteiger partial charge in [0.2, 0.25) is 5.71 Å². The van der Waals surface area contributed by atoms with Crippen molar-refractivity contribution >= 4 is 98.5 Å². The fourth-order valence-electron chi connectivity index (χ4n) is 11.0. The van der Waals surface area contributed by atoms with Gasteiger partial charge in [0.05, 0.1) is 33.0 Å². The molecule has 312 valence electrons. The van der Waals surface area contributed by atoms with Crippen LogP contribution in [0.15, 0.2) is 233 Å². The third-order valence-corrected chi connectivity index (χ3v) is 14.1. The van der Waals surface area contributed by atoms with Gasteiger partial charge in [-0.25, -0.2) is 0 Å². The lowest BCUT2D eigenvalue weighted by molar-refractivity contribution is 0.645. The molecule has 5 heteroatoms. The highest BCUT2D eigenvalue weighted by molar-refractivity contribution is 6.21. The number of hydrogen-bond donors (Lipinski definition) is 0. The van der Waals surface area contributed by atoms with Crippen LogP contribution in [-0.2, 0) is 0 Å². The second-order valence-electron chi connectivity index (χ2n) is 17.7. The monoisotopic (exact) mass is 855 g/mol. The van der Waals surface area contributed by atoms with Crippen LogP contribution in [0.2, 0.25) is 0 Å². The zero-order valence-corrected chi connectivity index (χ0v) is 36.0. The Kier molecular flexibility index (Phi) is 7.44. The van der Waals surface area contributed by atoms with Crippen molar-refractivity contribution in [3.63, 3.8) is 0 Å². The minimum atomic E-state index is 0.867. The van der Waals surface area contributed by atoms with Gasteiger partial charge in [-0.15, -0.1) is 0 Å². The maximum atomic E-state index is 6.55. The Hall–Kier alpha value is -9.06. The fourth-order valence-corrected chi connectivity index (χ4v) is 11.0. The molecule has 15 rings (SSSR count). The molecule has 67 heavy (non-hydrogen) atoms. The van der Waals surface area contributed by atoms with Crippen LogP contribution in [0.5, 0.6) is 0 Å². The van der Waals surface area contributed by atoms with Crippen LogP contribution < -0.4 is 0 Å². The lowest BCUT2D eigenvalue weighted by atomic mass is 10.0. The first kappa shape index (κ1) is 36.3. The second kappa shape index (κ2) is 13.7. The van der Waals surface area contributed by atoms with Gasteiger partial charge in [-0.05, 0) is 119 Å². The number of para-hydroxylation sites is 5. The van der Waals surface area contributed by atoms with Crippen molar-refractivity contribution in [3.8, 4) is 39.3 Å². The van der Waals surface area contributed by atoms with E-state index in [0.717, 1.165) is 83.2 Å². The third-order valence-electron chi connectivity index (χ3n) is 14.1. The summed E-state index contributed by atoms with van der Waals surface area (Å²) in [5.41, 5.74) is 17.3. The van der Waals surface area contributed by atoms with Crippen LogP contribution in [0.25, 0.3) is 138 Å². The molecule has 0 atom stereocenters. The van der Waals surface area contributed by atoms with Crippen LogP contribution >= 0.6 is 0 Å². The molecule has 15 aromatic rings. The normalized spacial score (nSPS) is 12.2. The van der Waals surface area contributed by atoms with E-state index in [0.29, 0.717) is 0 Å². The zero-order valence-electron chi connectivity index (χ0n) is 36.0. The Labute approximate surface area is 383 Å². The van der Waals surface area contributed by atoms with E-state index in [9.17, 15) is 0 Å². The summed E-state index contributed by atoms with van der Waals surface area (Å²) in [5.74, 6) is 0. The third kappa shape index (κ3) is 5.25. The molecule has 5 nitrogen and oxygen atoms in total. The van der Waals surface area contributed by atoms with E-state index in [1.165, 1.54) is 54.6 Å². The first-order chi connectivity index (χ1) is 33.2. The summed E-state index contributed by atoms with van der Waals surface area (Å²) in [6.45, 7) is 0. The Bertz CT molecular complexity index is 4500. The lowest BCUT2D eigenvalue weighted by Crippen LogP contribution is -1.94. The summed E-state index contributed by atoms with van der Waals surface area (Å²) in [6.07, 6.45) is 0. The molecule has 5 aromatic heterocycles. The predicted octanol–water partition coefficient (Wildman–Crippen LogP) is 17.0. The Morgan fingerprint density at radius 1 is 0.239 bits per heavy atom. The maximum absolute atomic E-state index is 6.55. The van der Waals surface area contributed by atoms with E-state index >= 15 is 0 Å². The van der Waals surface area contributed by atoms with Crippen molar-refractivity contribution in [2.24, 2.45) is 0 Å². The van der Waals surface area contributed by atoms with Gasteiger partial charge in [0.15, 0.2) is 0 Å². The molecule has 0 aliphatic rings. The number of aromatic nitrogens is 3. The van der Waals surface area contributed by atoms with Crippen molar-refractivity contribution in [1.82, 2.24) is 13.7 Å². The molecule has 0 saturated carbocycles. The van der Waals surface area contributed by atoms with E-state index in [2.05, 4.69) is 220 Å². The number of fused-ring (bicyclic) bond motifs is 14. The molecule has 0 fully saturated rings. The van der Waals surface area contributed by atoms with Crippen molar-refractivity contribution in [1.29, 1.82) is 0 Å². The topological polar surface area (TPSA) is 41.1 Å². The molecular formula is C62H37N3O2. The van der Waals surface area contributed by atoms with E-state index in [-0.39, 0.29) is 0 Å². The van der Waals surface area contributed by atoms with Crippen LogP contribution in [0.1, 0.15) is 0 Å². The Morgan fingerprint density at radius 2 is 0.687 bits per heavy atom. The van der Waals surface area contributed by atoms with Crippen LogP contribution in [0.3, 0.4) is 0 Å². The molecule has 0 aliphatic heterocycles. The average Bonchev–Trinajstić information content (AvgIpc) is 4.19. The predicted molar refractivity (Wildman–Crippen MR) is 277 cm³/mol. The number of hydrogen-bond acceptors (Lipinski definition) is 2. The molecule has 0 saturated heterocycles. The maximum Gasteiger partial charge on any atom is 0.213 e.